The van der Waals surface area contributed by atoms with E-state index in [1.807, 2.05) is 6.92 Å². The van der Waals surface area contributed by atoms with E-state index >= 15 is 0 Å². The van der Waals surface area contributed by atoms with Crippen molar-refractivity contribution in [3.05, 3.63) is 15.6 Å². The van der Waals surface area contributed by atoms with Gasteiger partial charge in [0.2, 0.25) is 0 Å². The highest BCUT2D eigenvalue weighted by Gasteiger charge is 2.10. The zero-order valence-electron chi connectivity index (χ0n) is 8.08. The lowest BCUT2D eigenvalue weighted by atomic mass is 10.1. The average molecular weight is 200 g/mol. The van der Waals surface area contributed by atoms with Crippen LogP contribution in [0.4, 0.5) is 0 Å². The van der Waals surface area contributed by atoms with Crippen LogP contribution in [0.3, 0.4) is 0 Å². The van der Waals surface area contributed by atoms with E-state index in [9.17, 15) is 0 Å². The fourth-order valence-corrected chi connectivity index (χ4v) is 2.14. The number of nitrogens with two attached hydrogens (primary N) is 1. The molecule has 1 atom stereocenters. The molecule has 0 spiro atoms. The van der Waals surface area contributed by atoms with Crippen LogP contribution in [0.2, 0.25) is 0 Å². The van der Waals surface area contributed by atoms with Gasteiger partial charge in [-0.05, 0) is 20.4 Å². The summed E-state index contributed by atoms with van der Waals surface area (Å²) in [5.74, 6) is 0.157. The highest BCUT2D eigenvalue weighted by Crippen LogP contribution is 2.18. The molecular formula is C9H16N2OS. The average Bonchev–Trinajstić information content (AvgIpc) is 2.42. The molecule has 0 aliphatic carbocycles. The lowest BCUT2D eigenvalue weighted by molar-refractivity contribution is 0.229. The van der Waals surface area contributed by atoms with Crippen molar-refractivity contribution >= 4 is 11.3 Å². The molecule has 0 fully saturated rings. The van der Waals surface area contributed by atoms with Crippen molar-refractivity contribution in [1.82, 2.24) is 4.98 Å². The first kappa shape index (κ1) is 10.6. The quantitative estimate of drug-likeness (QED) is 0.758. The van der Waals surface area contributed by atoms with E-state index in [1.165, 1.54) is 4.88 Å². The molecule has 0 saturated carbocycles. The molecule has 4 heteroatoms. The van der Waals surface area contributed by atoms with Crippen LogP contribution < -0.4 is 5.73 Å². The van der Waals surface area contributed by atoms with Gasteiger partial charge in [-0.2, -0.15) is 0 Å². The number of aryl methyl sites for hydroxylation is 2. The summed E-state index contributed by atoms with van der Waals surface area (Å²) in [6.45, 7) is 4.74. The van der Waals surface area contributed by atoms with Crippen LogP contribution in [-0.4, -0.2) is 23.2 Å². The second-order valence-electron chi connectivity index (χ2n) is 3.24. The molecule has 0 aliphatic heterocycles. The molecule has 0 amide bonds. The van der Waals surface area contributed by atoms with Gasteiger partial charge in [0.1, 0.15) is 0 Å². The Morgan fingerprint density at radius 3 is 2.62 bits per heavy atom. The van der Waals surface area contributed by atoms with Crippen LogP contribution in [0.25, 0.3) is 0 Å². The number of aliphatic hydroxyl groups is 1. The molecule has 0 aromatic carbocycles. The second kappa shape index (κ2) is 4.69. The number of aromatic nitrogens is 1. The molecule has 13 heavy (non-hydrogen) atoms. The van der Waals surface area contributed by atoms with E-state index in [0.717, 1.165) is 17.1 Å². The standard InChI is InChI=1S/C9H16N2OS/c1-6-7(2)13-9(11-6)3-8(4-10)5-12/h8,12H,3-5,10H2,1-2H3. The Hall–Kier alpha value is -0.450. The summed E-state index contributed by atoms with van der Waals surface area (Å²) in [5.41, 5.74) is 6.58. The van der Waals surface area contributed by atoms with Crippen molar-refractivity contribution in [2.24, 2.45) is 11.7 Å². The Labute approximate surface area is 82.6 Å². The molecule has 1 unspecified atom stereocenters. The monoisotopic (exact) mass is 200 g/mol. The van der Waals surface area contributed by atoms with E-state index in [4.69, 9.17) is 10.8 Å². The summed E-state index contributed by atoms with van der Waals surface area (Å²) in [6, 6.07) is 0. The lowest BCUT2D eigenvalue weighted by Gasteiger charge is -2.07. The zero-order chi connectivity index (χ0) is 9.84. The van der Waals surface area contributed by atoms with E-state index in [1.54, 1.807) is 11.3 Å². The Morgan fingerprint density at radius 2 is 2.23 bits per heavy atom. The summed E-state index contributed by atoms with van der Waals surface area (Å²) >= 11 is 1.70. The topological polar surface area (TPSA) is 59.1 Å². The number of hydrogen-bond donors (Lipinski definition) is 2. The molecule has 3 N–H and O–H groups in total. The van der Waals surface area contributed by atoms with Gasteiger partial charge < -0.3 is 10.8 Å². The van der Waals surface area contributed by atoms with Crippen molar-refractivity contribution in [3.63, 3.8) is 0 Å². The minimum absolute atomic E-state index is 0.147. The maximum Gasteiger partial charge on any atom is 0.0935 e. The number of rotatable bonds is 4. The van der Waals surface area contributed by atoms with Crippen molar-refractivity contribution in [3.8, 4) is 0 Å². The van der Waals surface area contributed by atoms with Gasteiger partial charge in [-0.1, -0.05) is 0 Å². The fourth-order valence-electron chi connectivity index (χ4n) is 1.10. The number of aliphatic hydroxyl groups excluding tert-OH is 1. The predicted molar refractivity (Wildman–Crippen MR) is 54.9 cm³/mol. The third kappa shape index (κ3) is 2.76. The van der Waals surface area contributed by atoms with Crippen molar-refractivity contribution in [1.29, 1.82) is 0 Å². The van der Waals surface area contributed by atoms with E-state index in [0.29, 0.717) is 6.54 Å². The molecule has 1 aromatic rings. The number of thiazole rings is 1. The van der Waals surface area contributed by atoms with Crippen molar-refractivity contribution < 1.29 is 5.11 Å². The smallest absolute Gasteiger partial charge is 0.0935 e. The van der Waals surface area contributed by atoms with Crippen LogP contribution in [0, 0.1) is 19.8 Å². The molecule has 0 aliphatic rings. The third-order valence-electron chi connectivity index (χ3n) is 2.13. The summed E-state index contributed by atoms with van der Waals surface area (Å²) in [7, 11) is 0. The maximum absolute atomic E-state index is 8.96. The normalized spacial score (nSPS) is 13.2. The van der Waals surface area contributed by atoms with E-state index in [-0.39, 0.29) is 12.5 Å². The van der Waals surface area contributed by atoms with E-state index in [2.05, 4.69) is 11.9 Å². The maximum atomic E-state index is 8.96. The number of nitrogens with zero attached hydrogens (tertiary/aromatic N) is 1. The van der Waals surface area contributed by atoms with Gasteiger partial charge in [-0.15, -0.1) is 11.3 Å². The molecule has 0 radical (unpaired) electrons. The van der Waals surface area contributed by atoms with Gasteiger partial charge in [0, 0.05) is 23.8 Å². The lowest BCUT2D eigenvalue weighted by Crippen LogP contribution is -2.20. The van der Waals surface area contributed by atoms with E-state index < -0.39 is 0 Å². The SMILES string of the molecule is Cc1nc(CC(CN)CO)sc1C. The summed E-state index contributed by atoms with van der Waals surface area (Å²) < 4.78 is 0. The Balaban J connectivity index is 2.62. The van der Waals surface area contributed by atoms with Gasteiger partial charge >= 0.3 is 0 Å². The molecule has 3 nitrogen and oxygen atoms in total. The van der Waals surface area contributed by atoms with Gasteiger partial charge in [0.15, 0.2) is 0 Å². The van der Waals surface area contributed by atoms with Gasteiger partial charge in [-0.3, -0.25) is 0 Å². The summed E-state index contributed by atoms with van der Waals surface area (Å²) in [5, 5.41) is 10.0. The fraction of sp³-hybridized carbons (Fsp3) is 0.667. The zero-order valence-corrected chi connectivity index (χ0v) is 8.90. The molecule has 1 rings (SSSR count). The highest BCUT2D eigenvalue weighted by atomic mass is 32.1. The van der Waals surface area contributed by atoms with Crippen LogP contribution in [0.1, 0.15) is 15.6 Å². The molecule has 1 aromatic heterocycles. The second-order valence-corrected chi connectivity index (χ2v) is 4.53. The van der Waals surface area contributed by atoms with Gasteiger partial charge in [0.25, 0.3) is 0 Å². The van der Waals surface area contributed by atoms with Crippen molar-refractivity contribution in [2.75, 3.05) is 13.2 Å². The first-order valence-corrected chi connectivity index (χ1v) is 5.22. The Bertz CT molecular complexity index is 249. The molecule has 1 heterocycles. The highest BCUT2D eigenvalue weighted by molar-refractivity contribution is 7.11. The minimum atomic E-state index is 0.147. The third-order valence-corrected chi connectivity index (χ3v) is 3.22. The van der Waals surface area contributed by atoms with Crippen LogP contribution in [-0.2, 0) is 6.42 Å². The Kier molecular flexibility index (Phi) is 3.84. The number of hydrogen-bond acceptors (Lipinski definition) is 4. The van der Waals surface area contributed by atoms with Crippen LogP contribution in [0.15, 0.2) is 0 Å². The molecule has 0 bridgehead atoms. The first-order chi connectivity index (χ1) is 6.17. The van der Waals surface area contributed by atoms with Gasteiger partial charge in [0.05, 0.1) is 10.7 Å². The van der Waals surface area contributed by atoms with Crippen LogP contribution >= 0.6 is 11.3 Å². The molecule has 0 saturated heterocycles. The predicted octanol–water partition coefficient (Wildman–Crippen LogP) is 0.870. The van der Waals surface area contributed by atoms with Crippen molar-refractivity contribution in [2.45, 2.75) is 20.3 Å². The van der Waals surface area contributed by atoms with Crippen LogP contribution in [0.5, 0.6) is 0 Å². The minimum Gasteiger partial charge on any atom is -0.396 e. The Morgan fingerprint density at radius 1 is 1.54 bits per heavy atom. The summed E-state index contributed by atoms with van der Waals surface area (Å²) in [4.78, 5) is 5.65. The first-order valence-electron chi connectivity index (χ1n) is 4.41. The largest absolute Gasteiger partial charge is 0.396 e. The summed E-state index contributed by atoms with van der Waals surface area (Å²) in [6.07, 6.45) is 0.798. The molecular weight excluding hydrogens is 184 g/mol. The van der Waals surface area contributed by atoms with Gasteiger partial charge in [-0.25, -0.2) is 4.98 Å². The molecule has 74 valence electrons.